The summed E-state index contributed by atoms with van der Waals surface area (Å²) < 4.78 is 14.1. The smallest absolute Gasteiger partial charge is 0.257 e. The molecule has 0 fully saturated rings. The molecule has 2 heterocycles. The summed E-state index contributed by atoms with van der Waals surface area (Å²) in [5, 5.41) is 6.43. The predicted molar refractivity (Wildman–Crippen MR) is 126 cm³/mol. The molecule has 0 aliphatic carbocycles. The van der Waals surface area contributed by atoms with Gasteiger partial charge in [0.25, 0.3) is 5.91 Å². The number of hydrogen-bond donors (Lipinski definition) is 2. The molecule has 0 unspecified atom stereocenters. The molecule has 5 rings (SSSR count). The van der Waals surface area contributed by atoms with E-state index in [1.165, 1.54) is 0 Å². The van der Waals surface area contributed by atoms with Crippen molar-refractivity contribution in [3.8, 4) is 11.5 Å². The number of amides is 1. The number of halogens is 1. The third-order valence-electron chi connectivity index (χ3n) is 4.46. The standard InChI is InChI=1S/C21H12ClN5O2S2/c22-13-3-1-2-12(8-13)20-24-17-10-14(5-7-18(17)29-20)23-21(30)25-19(28)11-4-6-15-16(9-11)27-31-26-15/h1-10H,(H2,23,25,28,30). The van der Waals surface area contributed by atoms with Crippen molar-refractivity contribution in [1.29, 1.82) is 0 Å². The lowest BCUT2D eigenvalue weighted by atomic mass is 10.2. The van der Waals surface area contributed by atoms with Crippen LogP contribution in [0, 0.1) is 0 Å². The largest absolute Gasteiger partial charge is 0.436 e. The highest BCUT2D eigenvalue weighted by molar-refractivity contribution is 7.80. The first-order valence-electron chi connectivity index (χ1n) is 9.06. The van der Waals surface area contributed by atoms with Gasteiger partial charge >= 0.3 is 0 Å². The highest BCUT2D eigenvalue weighted by atomic mass is 35.5. The molecule has 0 radical (unpaired) electrons. The molecule has 0 atom stereocenters. The number of hydrogen-bond acceptors (Lipinski definition) is 7. The van der Waals surface area contributed by atoms with Crippen LogP contribution in [0.3, 0.4) is 0 Å². The fraction of sp³-hybridized carbons (Fsp3) is 0. The van der Waals surface area contributed by atoms with Crippen LogP contribution >= 0.6 is 35.5 Å². The number of oxazole rings is 1. The molecule has 0 bridgehead atoms. The van der Waals surface area contributed by atoms with E-state index in [2.05, 4.69) is 24.4 Å². The molecule has 0 aliphatic rings. The Morgan fingerprint density at radius 2 is 1.87 bits per heavy atom. The van der Waals surface area contributed by atoms with E-state index in [4.69, 9.17) is 28.2 Å². The molecule has 10 heteroatoms. The van der Waals surface area contributed by atoms with Crippen LogP contribution in [0.15, 0.2) is 65.1 Å². The van der Waals surface area contributed by atoms with Crippen molar-refractivity contribution in [1.82, 2.24) is 19.0 Å². The molecule has 31 heavy (non-hydrogen) atoms. The van der Waals surface area contributed by atoms with Crippen molar-refractivity contribution in [2.24, 2.45) is 0 Å². The Kier molecular flexibility index (Phi) is 5.06. The van der Waals surface area contributed by atoms with Crippen LogP contribution in [0.4, 0.5) is 5.69 Å². The van der Waals surface area contributed by atoms with Gasteiger partial charge in [-0.05, 0) is 66.8 Å². The predicted octanol–water partition coefficient (Wildman–Crippen LogP) is 5.28. The van der Waals surface area contributed by atoms with Crippen LogP contribution in [-0.2, 0) is 0 Å². The van der Waals surface area contributed by atoms with E-state index in [9.17, 15) is 4.79 Å². The Balaban J connectivity index is 1.31. The molecule has 0 saturated heterocycles. The Bertz CT molecular complexity index is 1460. The van der Waals surface area contributed by atoms with E-state index in [0.717, 1.165) is 22.8 Å². The average molecular weight is 466 g/mol. The molecule has 152 valence electrons. The molecule has 3 aromatic carbocycles. The highest BCUT2D eigenvalue weighted by Crippen LogP contribution is 2.27. The number of anilines is 1. The number of rotatable bonds is 3. The maximum absolute atomic E-state index is 12.5. The third kappa shape index (κ3) is 4.11. The van der Waals surface area contributed by atoms with E-state index in [1.54, 1.807) is 48.5 Å². The summed E-state index contributed by atoms with van der Waals surface area (Å²) in [5.41, 5.74) is 4.60. The van der Waals surface area contributed by atoms with Crippen LogP contribution < -0.4 is 10.6 Å². The van der Waals surface area contributed by atoms with Crippen LogP contribution in [0.25, 0.3) is 33.6 Å². The van der Waals surface area contributed by atoms with Crippen molar-refractivity contribution in [2.45, 2.75) is 0 Å². The Labute approximate surface area is 190 Å². The summed E-state index contributed by atoms with van der Waals surface area (Å²) in [5.74, 6) is 0.135. The summed E-state index contributed by atoms with van der Waals surface area (Å²) >= 11 is 12.4. The van der Waals surface area contributed by atoms with Gasteiger partial charge < -0.3 is 9.73 Å². The minimum absolute atomic E-state index is 0.166. The van der Waals surface area contributed by atoms with Gasteiger partial charge in [-0.25, -0.2) is 4.98 Å². The minimum Gasteiger partial charge on any atom is -0.436 e. The molecule has 2 aromatic heterocycles. The van der Waals surface area contributed by atoms with E-state index in [1.807, 2.05) is 12.1 Å². The minimum atomic E-state index is -0.335. The van der Waals surface area contributed by atoms with E-state index < -0.39 is 0 Å². The van der Waals surface area contributed by atoms with Gasteiger partial charge in [0.2, 0.25) is 5.89 Å². The SMILES string of the molecule is O=C(NC(=S)Nc1ccc2oc(-c3cccc(Cl)c3)nc2c1)c1ccc2nsnc2c1. The third-order valence-corrected chi connectivity index (χ3v) is 5.46. The molecule has 0 aliphatic heterocycles. The summed E-state index contributed by atoms with van der Waals surface area (Å²) in [6.45, 7) is 0. The van der Waals surface area contributed by atoms with Gasteiger partial charge in [-0.15, -0.1) is 0 Å². The fourth-order valence-electron chi connectivity index (χ4n) is 3.01. The molecule has 7 nitrogen and oxygen atoms in total. The number of fused-ring (bicyclic) bond motifs is 2. The van der Waals surface area contributed by atoms with Gasteiger partial charge in [-0.3, -0.25) is 10.1 Å². The van der Waals surface area contributed by atoms with Crippen LogP contribution in [0.5, 0.6) is 0 Å². The number of carbonyl (C=O) groups is 1. The summed E-state index contributed by atoms with van der Waals surface area (Å²) in [6, 6.07) is 17.8. The van der Waals surface area contributed by atoms with Crippen molar-refractivity contribution in [3.63, 3.8) is 0 Å². The zero-order valence-corrected chi connectivity index (χ0v) is 18.0. The van der Waals surface area contributed by atoms with E-state index in [-0.39, 0.29) is 11.0 Å². The first-order valence-corrected chi connectivity index (χ1v) is 10.6. The Morgan fingerprint density at radius 1 is 1.00 bits per heavy atom. The molecular formula is C21H12ClN5O2S2. The number of benzene rings is 3. The van der Waals surface area contributed by atoms with Crippen molar-refractivity contribution in [2.75, 3.05) is 5.32 Å². The number of aromatic nitrogens is 3. The lowest BCUT2D eigenvalue weighted by Gasteiger charge is -2.09. The zero-order chi connectivity index (χ0) is 21.4. The Hall–Kier alpha value is -3.40. The molecule has 0 saturated carbocycles. The topological polar surface area (TPSA) is 92.9 Å². The molecular weight excluding hydrogens is 454 g/mol. The molecule has 0 spiro atoms. The lowest BCUT2D eigenvalue weighted by molar-refractivity contribution is 0.0978. The second-order valence-electron chi connectivity index (χ2n) is 6.59. The number of nitrogens with one attached hydrogen (secondary N) is 2. The van der Waals surface area contributed by atoms with Crippen LogP contribution in [0.2, 0.25) is 5.02 Å². The van der Waals surface area contributed by atoms with E-state index in [0.29, 0.717) is 38.8 Å². The molecule has 2 N–H and O–H groups in total. The van der Waals surface area contributed by atoms with Crippen molar-refractivity contribution < 1.29 is 9.21 Å². The Morgan fingerprint density at radius 3 is 2.74 bits per heavy atom. The summed E-state index contributed by atoms with van der Waals surface area (Å²) in [4.78, 5) is 17.0. The quantitative estimate of drug-likeness (QED) is 0.350. The van der Waals surface area contributed by atoms with Gasteiger partial charge in [0.15, 0.2) is 10.7 Å². The van der Waals surface area contributed by atoms with E-state index >= 15 is 0 Å². The number of nitrogens with zero attached hydrogens (tertiary/aromatic N) is 3. The lowest BCUT2D eigenvalue weighted by Crippen LogP contribution is -2.34. The zero-order valence-electron chi connectivity index (χ0n) is 15.6. The first kappa shape index (κ1) is 19.6. The maximum atomic E-state index is 12.5. The van der Waals surface area contributed by atoms with Gasteiger partial charge in [-0.2, -0.15) is 8.75 Å². The van der Waals surface area contributed by atoms with Crippen molar-refractivity contribution >= 4 is 74.4 Å². The normalized spacial score (nSPS) is 11.0. The van der Waals surface area contributed by atoms with Crippen LogP contribution in [0.1, 0.15) is 10.4 Å². The monoisotopic (exact) mass is 465 g/mol. The fourth-order valence-corrected chi connectivity index (χ4v) is 3.93. The second kappa shape index (κ2) is 8.03. The molecule has 5 aromatic rings. The second-order valence-corrected chi connectivity index (χ2v) is 7.96. The highest BCUT2D eigenvalue weighted by Gasteiger charge is 2.12. The van der Waals surface area contributed by atoms with Gasteiger partial charge in [-0.1, -0.05) is 17.7 Å². The number of carbonyl (C=O) groups excluding carboxylic acids is 1. The van der Waals surface area contributed by atoms with Crippen molar-refractivity contribution in [3.05, 3.63) is 71.2 Å². The average Bonchev–Trinajstić information content (AvgIpc) is 3.39. The van der Waals surface area contributed by atoms with Gasteiger partial charge in [0.05, 0.1) is 11.7 Å². The number of thiocarbonyl (C=S) groups is 1. The van der Waals surface area contributed by atoms with Crippen LogP contribution in [-0.4, -0.2) is 24.8 Å². The molecule has 1 amide bonds. The summed E-state index contributed by atoms with van der Waals surface area (Å²) in [6.07, 6.45) is 0. The van der Waals surface area contributed by atoms with Gasteiger partial charge in [0.1, 0.15) is 16.6 Å². The maximum Gasteiger partial charge on any atom is 0.257 e. The van der Waals surface area contributed by atoms with Gasteiger partial charge in [0, 0.05) is 21.8 Å². The summed E-state index contributed by atoms with van der Waals surface area (Å²) in [7, 11) is 0. The first-order chi connectivity index (χ1) is 15.0.